The Kier molecular flexibility index (Phi) is 6.96. The van der Waals surface area contributed by atoms with Crippen LogP contribution in [0.25, 0.3) is 22.5 Å². The molecule has 0 amide bonds. The van der Waals surface area contributed by atoms with E-state index < -0.39 is 0 Å². The molecule has 0 saturated carbocycles. The van der Waals surface area contributed by atoms with Crippen molar-refractivity contribution in [1.82, 2.24) is 0 Å². The van der Waals surface area contributed by atoms with E-state index in [1.807, 2.05) is 117 Å². The van der Waals surface area contributed by atoms with Crippen LogP contribution in [0.4, 0.5) is 5.88 Å². The lowest BCUT2D eigenvalue weighted by Crippen LogP contribution is -1.94. The van der Waals surface area contributed by atoms with Crippen molar-refractivity contribution in [3.63, 3.8) is 0 Å². The van der Waals surface area contributed by atoms with Crippen LogP contribution in [-0.2, 0) is 6.61 Å². The van der Waals surface area contributed by atoms with Gasteiger partial charge in [-0.05, 0) is 54.8 Å². The minimum atomic E-state index is 0.290. The van der Waals surface area contributed by atoms with E-state index >= 15 is 0 Å². The Morgan fingerprint density at radius 2 is 1.41 bits per heavy atom. The first-order valence-corrected chi connectivity index (χ1v) is 12.1. The highest BCUT2D eigenvalue weighted by molar-refractivity contribution is 5.90. The van der Waals surface area contributed by atoms with Gasteiger partial charge >= 0.3 is 0 Å². The molecule has 180 valence electrons. The van der Waals surface area contributed by atoms with Gasteiger partial charge in [-0.3, -0.25) is 0 Å². The van der Waals surface area contributed by atoms with E-state index in [1.54, 1.807) is 6.21 Å². The molecule has 0 radical (unpaired) electrons. The number of aliphatic imine (C=N–C) groups is 1. The maximum atomic E-state index is 10.1. The van der Waals surface area contributed by atoms with Crippen LogP contribution in [0.2, 0.25) is 0 Å². The average Bonchev–Trinajstić information content (AvgIpc) is 3.31. The second kappa shape index (κ2) is 10.8. The number of hydrogen-bond donors (Lipinski definition) is 0. The summed E-state index contributed by atoms with van der Waals surface area (Å²) < 4.78 is 12.1. The highest BCUT2D eigenvalue weighted by Crippen LogP contribution is 2.42. The lowest BCUT2D eigenvalue weighted by atomic mass is 9.97. The van der Waals surface area contributed by atoms with E-state index in [4.69, 9.17) is 9.15 Å². The van der Waals surface area contributed by atoms with Crippen molar-refractivity contribution >= 4 is 12.1 Å². The third-order valence-corrected chi connectivity index (χ3v) is 6.11. The van der Waals surface area contributed by atoms with E-state index in [1.165, 1.54) is 0 Å². The van der Waals surface area contributed by atoms with Gasteiger partial charge in [0.1, 0.15) is 29.7 Å². The van der Waals surface area contributed by atoms with Gasteiger partial charge < -0.3 is 9.15 Å². The van der Waals surface area contributed by atoms with Gasteiger partial charge in [-0.1, -0.05) is 90.0 Å². The summed E-state index contributed by atoms with van der Waals surface area (Å²) in [5, 5.41) is 10.1. The molecule has 4 heteroatoms. The molecule has 0 saturated heterocycles. The Bertz CT molecular complexity index is 1560. The van der Waals surface area contributed by atoms with E-state index in [-0.39, 0.29) is 5.88 Å². The monoisotopic (exact) mass is 482 g/mol. The lowest BCUT2D eigenvalue weighted by molar-refractivity contribution is 0.306. The van der Waals surface area contributed by atoms with Crippen molar-refractivity contribution < 1.29 is 9.15 Å². The third kappa shape index (κ3) is 5.52. The molecule has 0 fully saturated rings. The summed E-state index contributed by atoms with van der Waals surface area (Å²) in [7, 11) is 0. The molecular formula is C33H26N2O2. The molecule has 0 spiro atoms. The Hall–Kier alpha value is -4.88. The van der Waals surface area contributed by atoms with Crippen LogP contribution in [0.3, 0.4) is 0 Å². The number of aryl methyl sites for hydroxylation is 2. The van der Waals surface area contributed by atoms with Gasteiger partial charge in [-0.25, -0.2) is 4.99 Å². The Labute approximate surface area is 217 Å². The predicted octanol–water partition coefficient (Wildman–Crippen LogP) is 8.43. The zero-order valence-electron chi connectivity index (χ0n) is 20.8. The summed E-state index contributed by atoms with van der Waals surface area (Å²) in [5.41, 5.74) is 7.28. The van der Waals surface area contributed by atoms with Crippen LogP contribution < -0.4 is 4.74 Å². The molecule has 37 heavy (non-hydrogen) atoms. The minimum absolute atomic E-state index is 0.290. The number of furan rings is 1. The second-order valence-corrected chi connectivity index (χ2v) is 8.93. The van der Waals surface area contributed by atoms with Gasteiger partial charge in [0.2, 0.25) is 5.88 Å². The average molecular weight is 483 g/mol. The van der Waals surface area contributed by atoms with Crippen molar-refractivity contribution in [3.8, 4) is 34.3 Å². The van der Waals surface area contributed by atoms with E-state index in [2.05, 4.69) is 11.1 Å². The van der Waals surface area contributed by atoms with Crippen molar-refractivity contribution in [2.24, 2.45) is 4.99 Å². The zero-order chi connectivity index (χ0) is 25.6. The molecule has 0 bridgehead atoms. The molecule has 0 atom stereocenters. The predicted molar refractivity (Wildman–Crippen MR) is 148 cm³/mol. The number of rotatable bonds is 7. The highest BCUT2D eigenvalue weighted by Gasteiger charge is 2.22. The summed E-state index contributed by atoms with van der Waals surface area (Å²) in [4.78, 5) is 4.58. The quantitative estimate of drug-likeness (QED) is 0.219. The van der Waals surface area contributed by atoms with Crippen LogP contribution in [0.5, 0.6) is 5.75 Å². The topological polar surface area (TPSA) is 58.5 Å². The number of benzene rings is 4. The maximum Gasteiger partial charge on any atom is 0.238 e. The summed E-state index contributed by atoms with van der Waals surface area (Å²) >= 11 is 0. The van der Waals surface area contributed by atoms with Crippen molar-refractivity contribution in [3.05, 3.63) is 131 Å². The Balaban J connectivity index is 1.44. The van der Waals surface area contributed by atoms with Gasteiger partial charge in [-0.2, -0.15) is 5.26 Å². The first-order chi connectivity index (χ1) is 18.1. The number of nitrogens with zero attached hydrogens (tertiary/aromatic N) is 2. The zero-order valence-corrected chi connectivity index (χ0v) is 20.8. The Morgan fingerprint density at radius 1 is 0.784 bits per heavy atom. The molecule has 0 aliphatic heterocycles. The molecule has 0 aliphatic carbocycles. The summed E-state index contributed by atoms with van der Waals surface area (Å²) in [5.74, 6) is 1.70. The van der Waals surface area contributed by atoms with Gasteiger partial charge in [0.15, 0.2) is 0 Å². The first kappa shape index (κ1) is 23.8. The van der Waals surface area contributed by atoms with Crippen LogP contribution >= 0.6 is 0 Å². The summed E-state index contributed by atoms with van der Waals surface area (Å²) in [6.07, 6.45) is 1.71. The molecule has 4 nitrogen and oxygen atoms in total. The molecule has 0 N–H and O–H groups in total. The van der Waals surface area contributed by atoms with E-state index in [0.29, 0.717) is 17.9 Å². The maximum absolute atomic E-state index is 10.1. The molecule has 5 aromatic rings. The second-order valence-electron chi connectivity index (χ2n) is 8.93. The molecule has 5 rings (SSSR count). The van der Waals surface area contributed by atoms with E-state index in [0.717, 1.165) is 44.7 Å². The smallest absolute Gasteiger partial charge is 0.238 e. The molecule has 1 aromatic heterocycles. The molecule has 4 aromatic carbocycles. The van der Waals surface area contributed by atoms with Gasteiger partial charge in [0.25, 0.3) is 0 Å². The highest BCUT2D eigenvalue weighted by atomic mass is 16.5. The summed E-state index contributed by atoms with van der Waals surface area (Å²) in [6, 6.07) is 36.2. The van der Waals surface area contributed by atoms with Crippen LogP contribution in [0.1, 0.15) is 27.8 Å². The number of hydrogen-bond acceptors (Lipinski definition) is 4. The third-order valence-electron chi connectivity index (χ3n) is 6.11. The van der Waals surface area contributed by atoms with Crippen LogP contribution in [-0.4, -0.2) is 6.21 Å². The fourth-order valence-electron chi connectivity index (χ4n) is 4.04. The standard InChI is InChI=1S/C33H26N2O2/c1-23-8-14-27(15-9-23)31-30(20-34)33(37-32(31)28-16-10-24(2)11-17-28)35-21-25-12-18-29(19-13-25)36-22-26-6-4-3-5-7-26/h3-19,21H,22H2,1-2H3. The molecular weight excluding hydrogens is 456 g/mol. The fourth-order valence-corrected chi connectivity index (χ4v) is 4.04. The van der Waals surface area contributed by atoms with Crippen molar-refractivity contribution in [2.45, 2.75) is 20.5 Å². The Morgan fingerprint density at radius 3 is 2.03 bits per heavy atom. The van der Waals surface area contributed by atoms with Crippen molar-refractivity contribution in [2.75, 3.05) is 0 Å². The largest absolute Gasteiger partial charge is 0.489 e. The van der Waals surface area contributed by atoms with Crippen LogP contribution in [0.15, 0.2) is 113 Å². The van der Waals surface area contributed by atoms with Gasteiger partial charge in [-0.15, -0.1) is 0 Å². The lowest BCUT2D eigenvalue weighted by Gasteiger charge is -2.06. The van der Waals surface area contributed by atoms with Crippen molar-refractivity contribution in [1.29, 1.82) is 5.26 Å². The first-order valence-electron chi connectivity index (χ1n) is 12.1. The molecule has 1 heterocycles. The molecule has 0 aliphatic rings. The number of ether oxygens (including phenoxy) is 1. The minimum Gasteiger partial charge on any atom is -0.489 e. The molecule has 0 unspecified atom stereocenters. The SMILES string of the molecule is Cc1ccc(-c2oc(N=Cc3ccc(OCc4ccccc4)cc3)c(C#N)c2-c2ccc(C)cc2)cc1. The number of nitriles is 1. The van der Waals surface area contributed by atoms with Gasteiger partial charge in [0, 0.05) is 17.3 Å². The van der Waals surface area contributed by atoms with E-state index in [9.17, 15) is 5.26 Å². The summed E-state index contributed by atoms with van der Waals surface area (Å²) in [6.45, 7) is 4.59. The van der Waals surface area contributed by atoms with Gasteiger partial charge in [0.05, 0.1) is 0 Å². The van der Waals surface area contributed by atoms with Crippen LogP contribution in [0, 0.1) is 25.2 Å². The fraction of sp³-hybridized carbons (Fsp3) is 0.0909. The normalized spacial score (nSPS) is 10.9.